The van der Waals surface area contributed by atoms with Gasteiger partial charge in [0.2, 0.25) is 20.2 Å². The van der Waals surface area contributed by atoms with Crippen LogP contribution in [0.5, 0.6) is 0 Å². The van der Waals surface area contributed by atoms with Gasteiger partial charge in [-0.15, -0.1) is 15.3 Å². The lowest BCUT2D eigenvalue weighted by atomic mass is 9.97. The number of carbonyl (C=O) groups excluding carboxylic acids is 8. The van der Waals surface area contributed by atoms with Crippen molar-refractivity contribution >= 4 is 95.3 Å². The Hall–Kier alpha value is -5.17. The third kappa shape index (κ3) is 14.9. The number of unbranched alkanes of at least 4 members (excludes halogenated alkanes) is 1. The molecule has 0 unspecified atom stereocenters. The number of esters is 8. The van der Waals surface area contributed by atoms with Crippen LogP contribution in [0.3, 0.4) is 0 Å². The van der Waals surface area contributed by atoms with Crippen molar-refractivity contribution in [3.8, 4) is 0 Å². The minimum absolute atomic E-state index is 0.0891. The zero-order valence-electron chi connectivity index (χ0n) is 36.8. The lowest BCUT2D eigenvalue weighted by molar-refractivity contribution is -0.270. The first-order chi connectivity index (χ1) is 31.1. The Kier molecular flexibility index (Phi) is 19.9. The number of nitrogens with zero attached hydrogens (tertiary/aromatic N) is 6. The molecule has 4 N–H and O–H groups in total. The lowest BCUT2D eigenvalue weighted by Gasteiger charge is -2.44. The molecule has 2 aromatic heterocycles. The van der Waals surface area contributed by atoms with Crippen LogP contribution in [0.2, 0.25) is 0 Å². The summed E-state index contributed by atoms with van der Waals surface area (Å²) in [5.74, 6) is 7.61. The van der Waals surface area contributed by atoms with Crippen molar-refractivity contribution in [1.29, 1.82) is 0 Å². The summed E-state index contributed by atoms with van der Waals surface area (Å²) < 4.78 is 58.8. The van der Waals surface area contributed by atoms with Crippen molar-refractivity contribution in [3.05, 3.63) is 4.77 Å². The van der Waals surface area contributed by atoms with Crippen LogP contribution >= 0.6 is 47.5 Å². The highest BCUT2D eigenvalue weighted by atomic mass is 32.2. The summed E-state index contributed by atoms with van der Waals surface area (Å²) in [6.45, 7) is 8.13. The molecule has 4 rings (SSSR count). The summed E-state index contributed by atoms with van der Waals surface area (Å²) in [6.07, 6.45) is -10.9. The van der Waals surface area contributed by atoms with E-state index in [1.165, 1.54) is 28.2 Å². The Morgan fingerprint density at radius 3 is 1.44 bits per heavy atom. The Balaban J connectivity index is 1.44. The minimum atomic E-state index is -1.46. The number of aromatic nitrogens is 6. The third-order valence-electron chi connectivity index (χ3n) is 8.81. The van der Waals surface area contributed by atoms with E-state index in [2.05, 4.69) is 15.3 Å². The highest BCUT2D eigenvalue weighted by Crippen LogP contribution is 2.38. The fourth-order valence-corrected chi connectivity index (χ4v) is 9.55. The molecule has 0 spiro atoms. The van der Waals surface area contributed by atoms with Crippen LogP contribution in [-0.4, -0.2) is 156 Å². The van der Waals surface area contributed by atoms with Gasteiger partial charge in [-0.1, -0.05) is 23.5 Å². The van der Waals surface area contributed by atoms with Crippen molar-refractivity contribution in [2.75, 3.05) is 36.4 Å². The Labute approximate surface area is 394 Å². The molecule has 10 atom stereocenters. The normalized spacial score (nSPS) is 24.8. The largest absolute Gasteiger partial charge is 0.463 e. The molecular weight excluding hydrogens is 961 g/mol. The van der Waals surface area contributed by atoms with Gasteiger partial charge in [0.25, 0.3) is 0 Å². The van der Waals surface area contributed by atoms with Gasteiger partial charge in [0.05, 0.1) is 0 Å². The summed E-state index contributed by atoms with van der Waals surface area (Å²) in [6, 6.07) is 0. The molecule has 0 aliphatic carbocycles. The van der Waals surface area contributed by atoms with E-state index in [0.29, 0.717) is 29.5 Å². The zero-order valence-corrected chi connectivity index (χ0v) is 40.1. The summed E-state index contributed by atoms with van der Waals surface area (Å²) in [7, 11) is 0. The van der Waals surface area contributed by atoms with Gasteiger partial charge >= 0.3 is 47.8 Å². The molecule has 2 aliphatic heterocycles. The zero-order chi connectivity index (χ0) is 49.0. The van der Waals surface area contributed by atoms with Crippen LogP contribution in [0, 0.1) is 4.77 Å². The first-order valence-electron chi connectivity index (χ1n) is 19.8. The van der Waals surface area contributed by atoms with E-state index in [9.17, 15) is 38.4 Å². The Morgan fingerprint density at radius 1 is 0.545 bits per heavy atom. The number of carbonyl (C=O) groups is 8. The molecule has 4 heterocycles. The monoisotopic (exact) mass is 1010 g/mol. The maximum absolute atomic E-state index is 12.3. The van der Waals surface area contributed by atoms with Gasteiger partial charge in [-0.3, -0.25) is 38.4 Å². The number of rotatable bonds is 20. The molecule has 366 valence electrons. The maximum Gasteiger partial charge on any atom is 0.303 e. The first-order valence-corrected chi connectivity index (χ1v) is 23.0. The summed E-state index contributed by atoms with van der Waals surface area (Å²) in [5, 5.41) is 13.5. The fraction of sp³-hybridized carbons (Fsp3) is 0.667. The molecule has 0 saturated carbocycles. The van der Waals surface area contributed by atoms with E-state index in [0.717, 1.165) is 76.5 Å². The van der Waals surface area contributed by atoms with Gasteiger partial charge in [0.1, 0.15) is 25.4 Å². The van der Waals surface area contributed by atoms with Crippen LogP contribution in [-0.2, 0) is 85.7 Å². The predicted octanol–water partition coefficient (Wildman–Crippen LogP) is 0.529. The second kappa shape index (κ2) is 24.6. The SMILES string of the molecule is CC(=O)OC[C@H]1O[C@@H](n2nc(SCCCCSc3nnc(S[C@@H]4O[C@H](COC(C)=O)[C@@H](OC(C)=O)[C@H](OC(C)=O)[C@H]4OC(C)=O)n3N)n(N)c2=S)[C@H](OC(C)=O)[C@@H](OC(C)=O)[C@@H]1OC(C)=O. The van der Waals surface area contributed by atoms with Crippen molar-refractivity contribution in [2.45, 2.75) is 144 Å². The number of hydrogen-bond donors (Lipinski definition) is 2. The number of thioether (sulfide) groups is 3. The standard InChI is InChI=1S/C36H50N8O18S4/c1-15(45)53-13-23-25(55-17(3)47)27(57-19(5)49)29(59-21(7)51)31(61-23)44-36(63)43(38)35(41-44)65-12-10-9-11-64-33-39-40-34(42(33)37)66-32-30(60-22(8)52)28(58-20(6)50)26(56-18(4)48)24(62-32)14-54-16(2)46/h23-32H,9-14,37-38H2,1-8H3/t23-,24-,25-,26-,27+,28+,29-,30-,31-,32+/m1/s1. The topological polar surface area (TPSA) is 334 Å². The second-order valence-electron chi connectivity index (χ2n) is 14.2. The first kappa shape index (κ1) is 53.4. The molecule has 2 fully saturated rings. The average molecular weight is 1010 g/mol. The minimum Gasteiger partial charge on any atom is -0.463 e. The smallest absolute Gasteiger partial charge is 0.303 e. The van der Waals surface area contributed by atoms with Gasteiger partial charge in [-0.2, -0.15) is 0 Å². The van der Waals surface area contributed by atoms with Crippen molar-refractivity contribution in [2.24, 2.45) is 0 Å². The average Bonchev–Trinajstić information content (AvgIpc) is 3.69. The number of nitrogen functional groups attached to an aromatic ring is 2. The molecule has 0 bridgehead atoms. The molecule has 66 heavy (non-hydrogen) atoms. The lowest BCUT2D eigenvalue weighted by Crippen LogP contribution is -2.61. The van der Waals surface area contributed by atoms with Crippen LogP contribution < -0.4 is 11.7 Å². The molecule has 0 radical (unpaired) electrons. The Bertz CT molecular complexity index is 2170. The number of hydrogen-bond acceptors (Lipinski definition) is 27. The van der Waals surface area contributed by atoms with Crippen LogP contribution in [0.4, 0.5) is 0 Å². The van der Waals surface area contributed by atoms with E-state index < -0.39 is 121 Å². The molecular formula is C36H50N8O18S4. The van der Waals surface area contributed by atoms with Crippen LogP contribution in [0.15, 0.2) is 15.5 Å². The molecule has 0 aromatic carbocycles. The summed E-state index contributed by atoms with van der Waals surface area (Å²) in [4.78, 5) is 96.6. The molecule has 26 nitrogen and oxygen atoms in total. The second-order valence-corrected chi connectivity index (χ2v) is 17.7. The fourth-order valence-electron chi connectivity index (χ4n) is 6.40. The van der Waals surface area contributed by atoms with Gasteiger partial charge in [-0.25, -0.2) is 14.0 Å². The van der Waals surface area contributed by atoms with Gasteiger partial charge in [0, 0.05) is 66.9 Å². The number of ether oxygens (including phenoxy) is 10. The number of nitrogens with two attached hydrogens (primary N) is 2. The van der Waals surface area contributed by atoms with E-state index in [1.54, 1.807) is 0 Å². The van der Waals surface area contributed by atoms with Crippen LogP contribution in [0.1, 0.15) is 74.5 Å². The molecule has 2 aromatic rings. The van der Waals surface area contributed by atoms with E-state index in [-0.39, 0.29) is 15.1 Å². The molecule has 0 amide bonds. The van der Waals surface area contributed by atoms with Gasteiger partial charge in [-0.05, 0) is 36.8 Å². The van der Waals surface area contributed by atoms with Crippen molar-refractivity contribution in [1.82, 2.24) is 29.3 Å². The van der Waals surface area contributed by atoms with E-state index in [4.69, 9.17) is 71.3 Å². The maximum atomic E-state index is 12.3. The van der Waals surface area contributed by atoms with Crippen molar-refractivity contribution in [3.63, 3.8) is 0 Å². The Morgan fingerprint density at radius 2 is 0.955 bits per heavy atom. The quantitative estimate of drug-likeness (QED) is 0.0456. The molecule has 30 heteroatoms. The third-order valence-corrected chi connectivity index (χ3v) is 12.4. The highest BCUT2D eigenvalue weighted by molar-refractivity contribution is 8.00. The van der Waals surface area contributed by atoms with Gasteiger partial charge in [0.15, 0.2) is 48.3 Å². The van der Waals surface area contributed by atoms with E-state index in [1.807, 2.05) is 0 Å². The summed E-state index contributed by atoms with van der Waals surface area (Å²) >= 11 is 8.95. The highest BCUT2D eigenvalue weighted by Gasteiger charge is 2.55. The van der Waals surface area contributed by atoms with E-state index >= 15 is 0 Å². The van der Waals surface area contributed by atoms with Crippen molar-refractivity contribution < 1.29 is 85.7 Å². The molecule has 2 saturated heterocycles. The summed E-state index contributed by atoms with van der Waals surface area (Å²) in [5.41, 5.74) is -1.18. The van der Waals surface area contributed by atoms with Crippen LogP contribution in [0.25, 0.3) is 0 Å². The molecule has 2 aliphatic rings. The predicted molar refractivity (Wildman–Crippen MR) is 227 cm³/mol. The van der Waals surface area contributed by atoms with Gasteiger partial charge < -0.3 is 59.1 Å².